The second-order valence-electron chi connectivity index (χ2n) is 5.53. The highest BCUT2D eigenvalue weighted by Crippen LogP contribution is 2.27. The number of amides is 1. The molecule has 2 rings (SSSR count). The van der Waals surface area contributed by atoms with E-state index in [9.17, 15) is 9.18 Å². The number of nitrogen functional groups attached to an aromatic ring is 1. The first-order chi connectivity index (χ1) is 11.9. The van der Waals surface area contributed by atoms with Crippen LogP contribution in [0, 0.1) is 5.82 Å². The first-order valence-electron chi connectivity index (χ1n) is 7.60. The Labute approximate surface area is 145 Å². The van der Waals surface area contributed by atoms with Crippen LogP contribution in [0.2, 0.25) is 0 Å². The Kier molecular flexibility index (Phi) is 6.00. The lowest BCUT2D eigenvalue weighted by Gasteiger charge is -2.27. The number of rotatable bonds is 7. The highest BCUT2D eigenvalue weighted by molar-refractivity contribution is 5.86. The van der Waals surface area contributed by atoms with Crippen molar-refractivity contribution in [2.24, 2.45) is 0 Å². The van der Waals surface area contributed by atoms with Crippen LogP contribution >= 0.6 is 0 Å². The predicted molar refractivity (Wildman–Crippen MR) is 89.8 cm³/mol. The van der Waals surface area contributed by atoms with Crippen molar-refractivity contribution < 1.29 is 18.7 Å². The van der Waals surface area contributed by atoms with Crippen LogP contribution in [0.3, 0.4) is 0 Å². The topological polar surface area (TPSA) is 99.4 Å². The normalized spacial score (nSPS) is 13.3. The van der Waals surface area contributed by atoms with E-state index in [0.29, 0.717) is 11.4 Å². The van der Waals surface area contributed by atoms with Gasteiger partial charge in [0.15, 0.2) is 11.4 Å². The van der Waals surface area contributed by atoms with Crippen LogP contribution in [0.1, 0.15) is 23.9 Å². The van der Waals surface area contributed by atoms with Crippen molar-refractivity contribution in [3.63, 3.8) is 0 Å². The van der Waals surface area contributed by atoms with E-state index in [1.165, 1.54) is 39.5 Å². The zero-order valence-electron chi connectivity index (χ0n) is 14.4. The molecular formula is C17H21FN4O3. The summed E-state index contributed by atoms with van der Waals surface area (Å²) in [6.45, 7) is 1.83. The third-order valence-electron chi connectivity index (χ3n) is 3.89. The molecule has 7 nitrogen and oxygen atoms in total. The first kappa shape index (κ1) is 18.8. The van der Waals surface area contributed by atoms with Crippen LogP contribution in [0.25, 0.3) is 0 Å². The van der Waals surface area contributed by atoms with Crippen LogP contribution in [0.5, 0.6) is 0 Å². The Hall–Kier alpha value is -2.58. The zero-order valence-corrected chi connectivity index (χ0v) is 14.4. The molecule has 1 aromatic carbocycles. The van der Waals surface area contributed by atoms with Crippen molar-refractivity contribution in [3.05, 3.63) is 53.2 Å². The van der Waals surface area contributed by atoms with Crippen molar-refractivity contribution in [3.8, 4) is 0 Å². The fourth-order valence-corrected chi connectivity index (χ4v) is 2.31. The van der Waals surface area contributed by atoms with Gasteiger partial charge < -0.3 is 20.5 Å². The van der Waals surface area contributed by atoms with E-state index in [0.717, 1.165) is 0 Å². The molecule has 1 heterocycles. The second-order valence-corrected chi connectivity index (χ2v) is 5.53. The van der Waals surface area contributed by atoms with Crippen LogP contribution < -0.4 is 11.1 Å². The predicted octanol–water partition coefficient (Wildman–Crippen LogP) is 1.52. The van der Waals surface area contributed by atoms with Gasteiger partial charge in [-0.1, -0.05) is 18.2 Å². The Morgan fingerprint density at radius 3 is 2.68 bits per heavy atom. The molecular weight excluding hydrogens is 327 g/mol. The van der Waals surface area contributed by atoms with Crippen LogP contribution in [-0.2, 0) is 33.0 Å². The lowest BCUT2D eigenvalue weighted by atomic mass is 9.94. The molecule has 0 saturated carbocycles. The summed E-state index contributed by atoms with van der Waals surface area (Å²) in [7, 11) is 2.88. The molecule has 134 valence electrons. The largest absolute Gasteiger partial charge is 0.383 e. The molecule has 8 heteroatoms. The molecule has 0 aliphatic heterocycles. The number of hydrogen-bond acceptors (Lipinski definition) is 6. The summed E-state index contributed by atoms with van der Waals surface area (Å²) in [6.07, 6.45) is 1.52. The van der Waals surface area contributed by atoms with Crippen molar-refractivity contribution in [1.29, 1.82) is 0 Å². The lowest BCUT2D eigenvalue weighted by Crippen LogP contribution is -2.44. The number of methoxy groups -OCH3 is 2. The number of benzene rings is 1. The maximum absolute atomic E-state index is 14.1. The Morgan fingerprint density at radius 1 is 1.36 bits per heavy atom. The third kappa shape index (κ3) is 4.09. The molecule has 1 atom stereocenters. The van der Waals surface area contributed by atoms with Crippen molar-refractivity contribution in [1.82, 2.24) is 15.3 Å². The van der Waals surface area contributed by atoms with E-state index in [-0.39, 0.29) is 24.5 Å². The van der Waals surface area contributed by atoms with E-state index in [2.05, 4.69) is 15.3 Å². The first-order valence-corrected chi connectivity index (χ1v) is 7.60. The average molecular weight is 348 g/mol. The van der Waals surface area contributed by atoms with Gasteiger partial charge in [0, 0.05) is 38.1 Å². The minimum absolute atomic E-state index is 0.0886. The number of aromatic nitrogens is 2. The van der Waals surface area contributed by atoms with E-state index in [4.69, 9.17) is 15.2 Å². The maximum atomic E-state index is 14.1. The quantitative estimate of drug-likeness (QED) is 0.787. The van der Waals surface area contributed by atoms with Gasteiger partial charge in [-0.05, 0) is 13.0 Å². The molecule has 25 heavy (non-hydrogen) atoms. The molecule has 1 aromatic heterocycles. The molecule has 0 fully saturated rings. The summed E-state index contributed by atoms with van der Waals surface area (Å²) in [5, 5.41) is 2.69. The van der Waals surface area contributed by atoms with Gasteiger partial charge in [-0.3, -0.25) is 4.79 Å². The number of nitrogens with two attached hydrogens (primary N) is 1. The minimum atomic E-state index is -1.48. The van der Waals surface area contributed by atoms with Gasteiger partial charge in [0.05, 0.1) is 0 Å². The molecule has 0 radical (unpaired) electrons. The molecule has 0 aliphatic carbocycles. The molecule has 0 spiro atoms. The Balaban J connectivity index is 2.14. The van der Waals surface area contributed by atoms with Gasteiger partial charge in [0.2, 0.25) is 0 Å². The number of carbonyl (C=O) groups excluding carboxylic acids is 1. The molecule has 2 aromatic rings. The number of nitrogens with one attached hydrogen (secondary N) is 1. The number of nitrogens with zero attached hydrogens (tertiary/aromatic N) is 2. The molecule has 1 unspecified atom stereocenters. The minimum Gasteiger partial charge on any atom is -0.383 e. The molecule has 0 aliphatic rings. The Bertz CT molecular complexity index is 756. The third-order valence-corrected chi connectivity index (χ3v) is 3.89. The fourth-order valence-electron chi connectivity index (χ4n) is 2.31. The van der Waals surface area contributed by atoms with E-state index in [1.54, 1.807) is 12.1 Å². The number of hydrogen-bond donors (Lipinski definition) is 2. The van der Waals surface area contributed by atoms with E-state index >= 15 is 0 Å². The van der Waals surface area contributed by atoms with Gasteiger partial charge >= 0.3 is 0 Å². The van der Waals surface area contributed by atoms with Crippen molar-refractivity contribution in [2.75, 3.05) is 20.0 Å². The van der Waals surface area contributed by atoms with Crippen LogP contribution in [-0.4, -0.2) is 30.1 Å². The summed E-state index contributed by atoms with van der Waals surface area (Å²) in [4.78, 5) is 20.8. The standard InChI is InChI=1S/C17H21FN4O3/c1-17(25-3,12-6-4-5-7-13(12)18)16(23)21-9-11-8-20-14(10-24-2)22-15(11)19/h4-8H,9-10H2,1-3H3,(H,21,23)(H2,19,20,22). The number of carbonyl (C=O) groups is 1. The molecule has 3 N–H and O–H groups in total. The second kappa shape index (κ2) is 8.00. The number of halogens is 1. The molecule has 1 amide bonds. The SMILES string of the molecule is COCc1ncc(CNC(=O)C(C)(OC)c2ccccc2F)c(N)n1. The van der Waals surface area contributed by atoms with Gasteiger partial charge in [-0.15, -0.1) is 0 Å². The Morgan fingerprint density at radius 2 is 2.08 bits per heavy atom. The highest BCUT2D eigenvalue weighted by atomic mass is 19.1. The monoisotopic (exact) mass is 348 g/mol. The van der Waals surface area contributed by atoms with Crippen LogP contribution in [0.4, 0.5) is 10.2 Å². The van der Waals surface area contributed by atoms with Gasteiger partial charge in [0.1, 0.15) is 18.2 Å². The van der Waals surface area contributed by atoms with E-state index in [1.807, 2.05) is 0 Å². The molecule has 0 saturated heterocycles. The van der Waals surface area contributed by atoms with Crippen molar-refractivity contribution in [2.45, 2.75) is 25.7 Å². The average Bonchev–Trinajstić information content (AvgIpc) is 2.60. The van der Waals surface area contributed by atoms with Gasteiger partial charge in [0.25, 0.3) is 5.91 Å². The van der Waals surface area contributed by atoms with Gasteiger partial charge in [-0.25, -0.2) is 14.4 Å². The summed E-state index contributed by atoms with van der Waals surface area (Å²) in [5.74, 6) is -0.329. The van der Waals surface area contributed by atoms with Crippen LogP contribution in [0.15, 0.2) is 30.5 Å². The molecule has 0 bridgehead atoms. The summed E-state index contributed by atoms with van der Waals surface area (Å²) < 4.78 is 24.3. The zero-order chi connectivity index (χ0) is 18.4. The van der Waals surface area contributed by atoms with E-state index < -0.39 is 17.3 Å². The lowest BCUT2D eigenvalue weighted by molar-refractivity contribution is -0.143. The summed E-state index contributed by atoms with van der Waals surface area (Å²) >= 11 is 0. The fraction of sp³-hybridized carbons (Fsp3) is 0.353. The van der Waals surface area contributed by atoms with Gasteiger partial charge in [-0.2, -0.15) is 0 Å². The maximum Gasteiger partial charge on any atom is 0.256 e. The summed E-state index contributed by atoms with van der Waals surface area (Å²) in [5.41, 5.74) is 5.08. The summed E-state index contributed by atoms with van der Waals surface area (Å²) in [6, 6.07) is 5.98. The smallest absolute Gasteiger partial charge is 0.256 e. The highest BCUT2D eigenvalue weighted by Gasteiger charge is 2.37. The van der Waals surface area contributed by atoms with Crippen molar-refractivity contribution >= 4 is 11.7 Å². The number of ether oxygens (including phenoxy) is 2. The number of anilines is 1.